The van der Waals surface area contributed by atoms with Crippen LogP contribution in [-0.2, 0) is 25.2 Å². The smallest absolute Gasteiger partial charge is 0.416 e. The van der Waals surface area contributed by atoms with Crippen molar-refractivity contribution >= 4 is 17.6 Å². The largest absolute Gasteiger partial charge is 0.449 e. The molecule has 0 atom stereocenters. The van der Waals surface area contributed by atoms with Crippen molar-refractivity contribution in [2.24, 2.45) is 0 Å². The Morgan fingerprint density at radius 1 is 0.969 bits per heavy atom. The van der Waals surface area contributed by atoms with Gasteiger partial charge in [-0.15, -0.1) is 0 Å². The Bertz CT molecular complexity index is 1080. The molecule has 12 heteroatoms. The number of carbonyl (C=O) groups is 2. The van der Waals surface area contributed by atoms with Gasteiger partial charge in [0.05, 0.1) is 5.56 Å². The first-order chi connectivity index (χ1) is 14.8. The third-order valence-electron chi connectivity index (χ3n) is 3.99. The molecule has 6 nitrogen and oxygen atoms in total. The highest BCUT2D eigenvalue weighted by molar-refractivity contribution is 6.15. The van der Waals surface area contributed by atoms with E-state index in [1.54, 1.807) is 0 Å². The lowest BCUT2D eigenvalue weighted by atomic mass is 10.2. The number of nitrogens with one attached hydrogen (secondary N) is 1. The number of para-hydroxylation sites is 1. The summed E-state index contributed by atoms with van der Waals surface area (Å²) in [7, 11) is 0. The molecule has 0 unspecified atom stereocenters. The standard InChI is InChI=1S/C20H13F6NO5/c1-19(2)31-17(28)10(18(29)32-19)8-27-15-11(21)4-3-5-14(15)30-16-12(22)6-9(7-13(16)23)20(24,25)26/h3-8,27H,1-2H3. The lowest BCUT2D eigenvalue weighted by Gasteiger charge is -2.29. The van der Waals surface area contributed by atoms with Crippen molar-refractivity contribution in [3.8, 4) is 11.5 Å². The van der Waals surface area contributed by atoms with E-state index in [9.17, 15) is 35.9 Å². The molecule has 1 N–H and O–H groups in total. The van der Waals surface area contributed by atoms with Crippen molar-refractivity contribution in [2.75, 3.05) is 5.32 Å². The maximum atomic E-state index is 14.3. The van der Waals surface area contributed by atoms with Gasteiger partial charge in [0.2, 0.25) is 0 Å². The Kier molecular flexibility index (Phi) is 5.81. The highest BCUT2D eigenvalue weighted by atomic mass is 19.4. The lowest BCUT2D eigenvalue weighted by Crippen LogP contribution is -2.42. The molecule has 1 saturated heterocycles. The van der Waals surface area contributed by atoms with E-state index in [2.05, 4.69) is 5.32 Å². The van der Waals surface area contributed by atoms with Gasteiger partial charge in [0.25, 0.3) is 5.79 Å². The van der Waals surface area contributed by atoms with Crippen molar-refractivity contribution in [3.05, 3.63) is 65.1 Å². The van der Waals surface area contributed by atoms with Crippen molar-refractivity contribution in [3.63, 3.8) is 0 Å². The molecule has 0 saturated carbocycles. The highest BCUT2D eigenvalue weighted by Crippen LogP contribution is 2.38. The molecule has 2 aromatic carbocycles. The summed E-state index contributed by atoms with van der Waals surface area (Å²) in [5, 5.41) is 2.25. The summed E-state index contributed by atoms with van der Waals surface area (Å²) in [6.07, 6.45) is -4.28. The quantitative estimate of drug-likeness (QED) is 0.298. The van der Waals surface area contributed by atoms with Crippen LogP contribution in [0.25, 0.3) is 0 Å². The maximum Gasteiger partial charge on any atom is 0.416 e. The number of cyclic esters (lactones) is 2. The van der Waals surface area contributed by atoms with Gasteiger partial charge in [0, 0.05) is 20.0 Å². The molecule has 0 aromatic heterocycles. The molecule has 2 aromatic rings. The summed E-state index contributed by atoms with van der Waals surface area (Å²) in [6.45, 7) is 2.62. The van der Waals surface area contributed by atoms with Gasteiger partial charge in [0.15, 0.2) is 28.7 Å². The van der Waals surface area contributed by atoms with E-state index in [1.807, 2.05) is 0 Å². The highest BCUT2D eigenvalue weighted by Gasteiger charge is 2.39. The Balaban J connectivity index is 1.93. The average molecular weight is 461 g/mol. The van der Waals surface area contributed by atoms with E-state index in [-0.39, 0.29) is 12.1 Å². The van der Waals surface area contributed by atoms with Gasteiger partial charge >= 0.3 is 18.1 Å². The minimum absolute atomic E-state index is 0.0164. The van der Waals surface area contributed by atoms with Gasteiger partial charge in [-0.3, -0.25) is 0 Å². The SMILES string of the molecule is CC1(C)OC(=O)C(=CNc2c(F)cccc2Oc2c(F)cc(C(F)(F)F)cc2F)C(=O)O1. The van der Waals surface area contributed by atoms with Crippen LogP contribution in [-0.4, -0.2) is 17.7 Å². The second kappa shape index (κ2) is 8.09. The molecule has 0 aliphatic carbocycles. The van der Waals surface area contributed by atoms with Crippen molar-refractivity contribution in [1.82, 2.24) is 0 Å². The molecule has 3 rings (SSSR count). The lowest BCUT2D eigenvalue weighted by molar-refractivity contribution is -0.222. The van der Waals surface area contributed by atoms with Gasteiger partial charge in [0.1, 0.15) is 11.5 Å². The van der Waals surface area contributed by atoms with E-state index in [4.69, 9.17) is 14.2 Å². The second-order valence-electron chi connectivity index (χ2n) is 6.86. The number of hydrogen-bond donors (Lipinski definition) is 1. The van der Waals surface area contributed by atoms with Gasteiger partial charge < -0.3 is 19.5 Å². The first-order valence-electron chi connectivity index (χ1n) is 8.74. The fourth-order valence-corrected chi connectivity index (χ4v) is 2.58. The van der Waals surface area contributed by atoms with E-state index in [1.165, 1.54) is 13.8 Å². The fraction of sp³-hybridized carbons (Fsp3) is 0.200. The molecule has 1 aliphatic rings. The monoisotopic (exact) mass is 461 g/mol. The van der Waals surface area contributed by atoms with Crippen molar-refractivity contribution < 1.29 is 50.1 Å². The van der Waals surface area contributed by atoms with Crippen LogP contribution < -0.4 is 10.1 Å². The number of carbonyl (C=O) groups excluding carboxylic acids is 2. The van der Waals surface area contributed by atoms with Crippen molar-refractivity contribution in [1.29, 1.82) is 0 Å². The summed E-state index contributed by atoms with van der Waals surface area (Å²) in [5.74, 6) is -9.88. The van der Waals surface area contributed by atoms with Crippen LogP contribution in [0.2, 0.25) is 0 Å². The second-order valence-corrected chi connectivity index (χ2v) is 6.86. The first kappa shape index (κ1) is 23.0. The fourth-order valence-electron chi connectivity index (χ4n) is 2.58. The number of rotatable bonds is 4. The van der Waals surface area contributed by atoms with E-state index < -0.39 is 69.7 Å². The van der Waals surface area contributed by atoms with E-state index in [0.29, 0.717) is 0 Å². The summed E-state index contributed by atoms with van der Waals surface area (Å²) < 4.78 is 95.3. The molecule has 0 spiro atoms. The average Bonchev–Trinajstić information content (AvgIpc) is 2.63. The Morgan fingerprint density at radius 2 is 1.53 bits per heavy atom. The summed E-state index contributed by atoms with van der Waals surface area (Å²) >= 11 is 0. The van der Waals surface area contributed by atoms with E-state index in [0.717, 1.165) is 24.4 Å². The zero-order valence-corrected chi connectivity index (χ0v) is 16.3. The maximum absolute atomic E-state index is 14.3. The molecular formula is C20H13F6NO5. The first-order valence-corrected chi connectivity index (χ1v) is 8.74. The molecule has 0 radical (unpaired) electrons. The number of ether oxygens (including phenoxy) is 3. The molecule has 32 heavy (non-hydrogen) atoms. The molecule has 1 fully saturated rings. The number of alkyl halides is 3. The molecule has 0 amide bonds. The topological polar surface area (TPSA) is 73.9 Å². The predicted octanol–water partition coefficient (Wildman–Crippen LogP) is 5.05. The number of anilines is 1. The molecule has 1 aliphatic heterocycles. The molecule has 0 bridgehead atoms. The number of esters is 2. The van der Waals surface area contributed by atoms with E-state index >= 15 is 0 Å². The Labute approximate surface area is 176 Å². The van der Waals surface area contributed by atoms with Gasteiger partial charge in [-0.2, -0.15) is 13.2 Å². The molecule has 170 valence electrons. The van der Waals surface area contributed by atoms with Crippen LogP contribution in [0.4, 0.5) is 32.0 Å². The van der Waals surface area contributed by atoms with Gasteiger partial charge in [-0.1, -0.05) is 6.07 Å². The summed E-state index contributed by atoms with van der Waals surface area (Å²) in [5.41, 5.74) is -2.81. The third-order valence-corrected chi connectivity index (χ3v) is 3.99. The van der Waals surface area contributed by atoms with Gasteiger partial charge in [-0.25, -0.2) is 22.8 Å². The van der Waals surface area contributed by atoms with Crippen LogP contribution in [0.3, 0.4) is 0 Å². The number of benzene rings is 2. The minimum Gasteiger partial charge on any atom is -0.449 e. The van der Waals surface area contributed by atoms with Crippen LogP contribution in [0.1, 0.15) is 19.4 Å². The minimum atomic E-state index is -5.00. The predicted molar refractivity (Wildman–Crippen MR) is 95.8 cm³/mol. The van der Waals surface area contributed by atoms with Crippen LogP contribution in [0, 0.1) is 17.5 Å². The summed E-state index contributed by atoms with van der Waals surface area (Å²) in [6, 6.07) is 3.08. The molecule has 1 heterocycles. The Hall–Kier alpha value is -3.70. The van der Waals surface area contributed by atoms with Crippen molar-refractivity contribution in [2.45, 2.75) is 25.8 Å². The zero-order chi connectivity index (χ0) is 23.8. The number of hydrogen-bond acceptors (Lipinski definition) is 6. The van der Waals surface area contributed by atoms with Crippen LogP contribution in [0.5, 0.6) is 11.5 Å². The van der Waals surface area contributed by atoms with Gasteiger partial charge in [-0.05, 0) is 24.3 Å². The normalized spacial score (nSPS) is 15.7. The summed E-state index contributed by atoms with van der Waals surface area (Å²) in [4.78, 5) is 23.9. The Morgan fingerprint density at radius 3 is 2.06 bits per heavy atom. The number of halogens is 6. The van der Waals surface area contributed by atoms with Crippen LogP contribution >= 0.6 is 0 Å². The third kappa shape index (κ3) is 4.79. The zero-order valence-electron chi connectivity index (χ0n) is 16.3. The van der Waals surface area contributed by atoms with Crippen LogP contribution in [0.15, 0.2) is 42.1 Å². The molecular weight excluding hydrogens is 448 g/mol.